The van der Waals surface area contributed by atoms with Crippen molar-refractivity contribution in [2.24, 2.45) is 5.73 Å². The highest BCUT2D eigenvalue weighted by Crippen LogP contribution is 2.21. The molecular weight excluding hydrogens is 428 g/mol. The van der Waals surface area contributed by atoms with Crippen LogP contribution in [0.3, 0.4) is 0 Å². The first-order valence-electron chi connectivity index (χ1n) is 9.13. The van der Waals surface area contributed by atoms with Gasteiger partial charge < -0.3 is 24.8 Å². The molecule has 0 aliphatic heterocycles. The van der Waals surface area contributed by atoms with E-state index in [2.05, 4.69) is 4.84 Å². The average Bonchev–Trinajstić information content (AvgIpc) is 2.75. The molecule has 0 amide bonds. The molecule has 31 heavy (non-hydrogen) atoms. The highest BCUT2D eigenvalue weighted by atomic mass is 32.1. The van der Waals surface area contributed by atoms with Crippen molar-refractivity contribution in [3.05, 3.63) is 69.8 Å². The van der Waals surface area contributed by atoms with Gasteiger partial charge in [-0.05, 0) is 49.2 Å². The third-order valence-electron chi connectivity index (χ3n) is 3.80. The van der Waals surface area contributed by atoms with Gasteiger partial charge in [0, 0.05) is 5.56 Å². The molecule has 0 aromatic heterocycles. The van der Waals surface area contributed by atoms with Gasteiger partial charge in [0.1, 0.15) is 22.1 Å². The highest BCUT2D eigenvalue weighted by molar-refractivity contribution is 7.80. The number of ether oxygens (including phenoxy) is 3. The maximum atomic E-state index is 12.5. The number of nitrogens with two attached hydrogens (primary N) is 1. The Hall–Kier alpha value is -3.73. The fourth-order valence-electron chi connectivity index (χ4n) is 2.32. The SMILES string of the molecule is NC(=S)c1ccc(OC(=O)c2ccccc2OCC(=O)OCCCCO[N+](=O)[O-])cc1. The molecule has 0 saturated carbocycles. The van der Waals surface area contributed by atoms with Crippen LogP contribution in [0.4, 0.5) is 0 Å². The van der Waals surface area contributed by atoms with Crippen LogP contribution in [0.2, 0.25) is 0 Å². The fourth-order valence-corrected chi connectivity index (χ4v) is 2.45. The molecule has 2 N–H and O–H groups in total. The molecule has 0 radical (unpaired) electrons. The van der Waals surface area contributed by atoms with E-state index in [0.717, 1.165) is 0 Å². The second-order valence-electron chi connectivity index (χ2n) is 6.05. The Morgan fingerprint density at radius 2 is 1.71 bits per heavy atom. The van der Waals surface area contributed by atoms with Gasteiger partial charge in [0.15, 0.2) is 6.61 Å². The Labute approximate surface area is 182 Å². The second kappa shape index (κ2) is 12.1. The molecule has 0 bridgehead atoms. The summed E-state index contributed by atoms with van der Waals surface area (Å²) < 4.78 is 15.7. The number of thiocarbonyl (C=S) groups is 1. The molecule has 0 spiro atoms. The summed E-state index contributed by atoms with van der Waals surface area (Å²) >= 11 is 4.88. The normalized spacial score (nSPS) is 10.1. The summed E-state index contributed by atoms with van der Waals surface area (Å²) in [7, 11) is 0. The molecule has 164 valence electrons. The van der Waals surface area contributed by atoms with Crippen LogP contribution in [-0.4, -0.2) is 41.8 Å². The van der Waals surface area contributed by atoms with Crippen molar-refractivity contribution in [1.82, 2.24) is 0 Å². The topological polar surface area (TPSA) is 140 Å². The quantitative estimate of drug-likeness (QED) is 0.129. The first kappa shape index (κ1) is 23.5. The highest BCUT2D eigenvalue weighted by Gasteiger charge is 2.16. The molecule has 11 heteroatoms. The number of carbonyl (C=O) groups is 2. The van der Waals surface area contributed by atoms with Crippen molar-refractivity contribution in [1.29, 1.82) is 0 Å². The number of carbonyl (C=O) groups excluding carboxylic acids is 2. The zero-order valence-corrected chi connectivity index (χ0v) is 17.2. The molecule has 2 aromatic carbocycles. The van der Waals surface area contributed by atoms with E-state index in [1.54, 1.807) is 36.4 Å². The summed E-state index contributed by atoms with van der Waals surface area (Å²) in [4.78, 5) is 38.7. The molecule has 0 fully saturated rings. The minimum Gasteiger partial charge on any atom is -0.481 e. The second-order valence-corrected chi connectivity index (χ2v) is 6.49. The first-order valence-corrected chi connectivity index (χ1v) is 9.54. The third-order valence-corrected chi connectivity index (χ3v) is 4.04. The van der Waals surface area contributed by atoms with Crippen molar-refractivity contribution in [2.45, 2.75) is 12.8 Å². The van der Waals surface area contributed by atoms with Gasteiger partial charge in [0.2, 0.25) is 0 Å². The van der Waals surface area contributed by atoms with Crippen molar-refractivity contribution in [3.8, 4) is 11.5 Å². The predicted molar refractivity (Wildman–Crippen MR) is 112 cm³/mol. The minimum absolute atomic E-state index is 0.0647. The third kappa shape index (κ3) is 8.26. The van der Waals surface area contributed by atoms with Crippen LogP contribution < -0.4 is 15.2 Å². The van der Waals surface area contributed by atoms with Crippen LogP contribution in [0.1, 0.15) is 28.8 Å². The molecule has 10 nitrogen and oxygen atoms in total. The summed E-state index contributed by atoms with van der Waals surface area (Å²) in [6.07, 6.45) is 0.762. The minimum atomic E-state index is -0.882. The maximum Gasteiger partial charge on any atom is 0.347 e. The lowest BCUT2D eigenvalue weighted by atomic mass is 10.2. The molecule has 0 atom stereocenters. The van der Waals surface area contributed by atoms with E-state index < -0.39 is 23.6 Å². The molecule has 0 unspecified atom stereocenters. The zero-order valence-electron chi connectivity index (χ0n) is 16.4. The molecule has 0 saturated heterocycles. The fraction of sp³-hybridized carbons (Fsp3) is 0.250. The Morgan fingerprint density at radius 1 is 1.03 bits per heavy atom. The molecule has 0 aliphatic rings. The lowest BCUT2D eigenvalue weighted by Gasteiger charge is -2.11. The summed E-state index contributed by atoms with van der Waals surface area (Å²) in [5.74, 6) is -0.867. The number of hydrogen-bond acceptors (Lipinski definition) is 9. The van der Waals surface area contributed by atoms with Gasteiger partial charge in [-0.3, -0.25) is 0 Å². The van der Waals surface area contributed by atoms with E-state index in [1.807, 2.05) is 0 Å². The van der Waals surface area contributed by atoms with E-state index >= 15 is 0 Å². The van der Waals surface area contributed by atoms with Crippen molar-refractivity contribution >= 4 is 29.1 Å². The van der Waals surface area contributed by atoms with E-state index in [4.69, 9.17) is 32.2 Å². The van der Waals surface area contributed by atoms with Gasteiger partial charge in [-0.15, -0.1) is 10.1 Å². The number of nitrogens with zero attached hydrogens (tertiary/aromatic N) is 1. The standard InChI is InChI=1S/C20H20N2O8S/c21-19(31)14-7-9-15(10-8-14)30-20(24)16-5-1-2-6-17(16)28-13-18(23)27-11-3-4-12-29-22(25)26/h1-2,5-10H,3-4,11-13H2,(H2,21,31). The van der Waals surface area contributed by atoms with Crippen LogP contribution in [0.25, 0.3) is 0 Å². The molecule has 0 heterocycles. The summed E-state index contributed by atoms with van der Waals surface area (Å²) in [6, 6.07) is 12.7. The van der Waals surface area contributed by atoms with Crippen molar-refractivity contribution < 1.29 is 33.7 Å². The smallest absolute Gasteiger partial charge is 0.347 e. The van der Waals surface area contributed by atoms with Crippen LogP contribution in [0.5, 0.6) is 11.5 Å². The predicted octanol–water partition coefficient (Wildman–Crippen LogP) is 2.45. The zero-order chi connectivity index (χ0) is 22.6. The van der Waals surface area contributed by atoms with Crippen LogP contribution >= 0.6 is 12.2 Å². The van der Waals surface area contributed by atoms with Gasteiger partial charge in [0.25, 0.3) is 5.09 Å². The Morgan fingerprint density at radius 3 is 2.39 bits per heavy atom. The molecular formula is C20H20N2O8S. The van der Waals surface area contributed by atoms with Crippen molar-refractivity contribution in [3.63, 3.8) is 0 Å². The first-order chi connectivity index (χ1) is 14.9. The van der Waals surface area contributed by atoms with E-state index in [1.165, 1.54) is 12.1 Å². The van der Waals surface area contributed by atoms with Gasteiger partial charge in [-0.25, -0.2) is 9.59 Å². The number of hydrogen-bond donors (Lipinski definition) is 1. The van der Waals surface area contributed by atoms with Crippen molar-refractivity contribution in [2.75, 3.05) is 19.8 Å². The summed E-state index contributed by atoms with van der Waals surface area (Å²) in [5.41, 5.74) is 6.31. The molecule has 0 aliphatic carbocycles. The van der Waals surface area contributed by atoms with Gasteiger partial charge >= 0.3 is 11.9 Å². The lowest BCUT2D eigenvalue weighted by Crippen LogP contribution is -2.18. The van der Waals surface area contributed by atoms with Gasteiger partial charge in [-0.1, -0.05) is 24.4 Å². The van der Waals surface area contributed by atoms with Crippen LogP contribution in [-0.2, 0) is 14.4 Å². The monoisotopic (exact) mass is 448 g/mol. The number of benzene rings is 2. The average molecular weight is 448 g/mol. The van der Waals surface area contributed by atoms with Gasteiger partial charge in [-0.2, -0.15) is 0 Å². The molecule has 2 aromatic rings. The number of para-hydroxylation sites is 1. The molecule has 2 rings (SSSR count). The van der Waals surface area contributed by atoms with E-state index in [9.17, 15) is 19.7 Å². The number of esters is 2. The summed E-state index contributed by atoms with van der Waals surface area (Å²) in [5, 5.41) is 9.13. The Balaban J connectivity index is 1.84. The summed E-state index contributed by atoms with van der Waals surface area (Å²) in [6.45, 7) is -0.425. The lowest BCUT2D eigenvalue weighted by molar-refractivity contribution is -0.757. The maximum absolute atomic E-state index is 12.5. The van der Waals surface area contributed by atoms with Gasteiger partial charge in [0.05, 0.1) is 13.2 Å². The largest absolute Gasteiger partial charge is 0.481 e. The number of unbranched alkanes of at least 4 members (excludes halogenated alkanes) is 1. The number of rotatable bonds is 12. The van der Waals surface area contributed by atoms with E-state index in [-0.39, 0.29) is 29.5 Å². The Kier molecular flexibility index (Phi) is 9.17. The van der Waals surface area contributed by atoms with Crippen LogP contribution in [0, 0.1) is 10.1 Å². The van der Waals surface area contributed by atoms with Crippen LogP contribution in [0.15, 0.2) is 48.5 Å². The Bertz CT molecular complexity index is 933. The van der Waals surface area contributed by atoms with E-state index in [0.29, 0.717) is 24.2 Å².